The summed E-state index contributed by atoms with van der Waals surface area (Å²) in [5.74, 6) is -0.166. The second-order valence-corrected chi connectivity index (χ2v) is 5.19. The van der Waals surface area contributed by atoms with Crippen molar-refractivity contribution in [3.8, 4) is 0 Å². The Morgan fingerprint density at radius 3 is 2.58 bits per heavy atom. The molecule has 102 valence electrons. The first-order chi connectivity index (χ1) is 9.13. The number of nitrogens with zero attached hydrogens (tertiary/aromatic N) is 1. The van der Waals surface area contributed by atoms with E-state index in [4.69, 9.17) is 0 Å². The quantitative estimate of drug-likeness (QED) is 0.809. The molecular weight excluding hydrogens is 260 g/mol. The fourth-order valence-electron chi connectivity index (χ4n) is 2.38. The molecule has 0 aliphatic carbocycles. The van der Waals surface area contributed by atoms with Crippen molar-refractivity contribution in [1.29, 1.82) is 0 Å². The van der Waals surface area contributed by atoms with Crippen LogP contribution in [-0.4, -0.2) is 36.3 Å². The summed E-state index contributed by atoms with van der Waals surface area (Å²) in [5.41, 5.74) is 0.605. The Hall–Kier alpha value is -1.49. The summed E-state index contributed by atoms with van der Waals surface area (Å²) in [7, 11) is 1.61. The molecule has 0 aromatic heterocycles. The number of hydrogen-bond donors (Lipinski definition) is 2. The van der Waals surface area contributed by atoms with Gasteiger partial charge in [0.15, 0.2) is 0 Å². The highest BCUT2D eigenvalue weighted by Crippen LogP contribution is 2.20. The number of rotatable bonds is 2. The van der Waals surface area contributed by atoms with E-state index < -0.39 is 0 Å². The maximum absolute atomic E-state index is 12.5. The van der Waals surface area contributed by atoms with E-state index >= 15 is 0 Å². The summed E-state index contributed by atoms with van der Waals surface area (Å²) in [5, 5.41) is 2.64. The number of thiol groups is 1. The van der Waals surface area contributed by atoms with E-state index in [1.807, 2.05) is 0 Å². The molecule has 2 amide bonds. The van der Waals surface area contributed by atoms with Crippen molar-refractivity contribution in [2.24, 2.45) is 0 Å². The summed E-state index contributed by atoms with van der Waals surface area (Å²) in [6.07, 6.45) is 2.66. The Balaban J connectivity index is 2.20. The van der Waals surface area contributed by atoms with E-state index in [1.54, 1.807) is 36.2 Å². The zero-order valence-corrected chi connectivity index (χ0v) is 11.8. The van der Waals surface area contributed by atoms with Crippen LogP contribution >= 0.6 is 12.6 Å². The van der Waals surface area contributed by atoms with Crippen LogP contribution in [0, 0.1) is 0 Å². The third-order valence-corrected chi connectivity index (χ3v) is 3.73. The fraction of sp³-hybridized carbons (Fsp3) is 0.429. The molecule has 0 radical (unpaired) electrons. The zero-order valence-electron chi connectivity index (χ0n) is 10.9. The minimum atomic E-state index is -0.345. The third-order valence-electron chi connectivity index (χ3n) is 3.43. The van der Waals surface area contributed by atoms with Crippen LogP contribution in [0.25, 0.3) is 0 Å². The molecule has 1 N–H and O–H groups in total. The molecule has 2 rings (SSSR count). The highest BCUT2D eigenvalue weighted by atomic mass is 32.1. The van der Waals surface area contributed by atoms with Gasteiger partial charge in [0.1, 0.15) is 6.04 Å². The van der Waals surface area contributed by atoms with Crippen LogP contribution in [0.5, 0.6) is 0 Å². The molecule has 1 heterocycles. The van der Waals surface area contributed by atoms with Gasteiger partial charge in [-0.15, -0.1) is 12.6 Å². The van der Waals surface area contributed by atoms with E-state index in [-0.39, 0.29) is 17.9 Å². The lowest BCUT2D eigenvalue weighted by Crippen LogP contribution is -2.51. The normalized spacial score (nSPS) is 19.1. The predicted octanol–water partition coefficient (Wildman–Crippen LogP) is 1.72. The number of carbonyl (C=O) groups is 2. The van der Waals surface area contributed by atoms with E-state index in [0.717, 1.165) is 24.2 Å². The first kappa shape index (κ1) is 13.9. The number of piperidine rings is 1. The number of likely N-dealkylation sites (N-methyl/N-ethyl adjacent to an activating group) is 1. The van der Waals surface area contributed by atoms with Gasteiger partial charge in [0.05, 0.1) is 0 Å². The summed E-state index contributed by atoms with van der Waals surface area (Å²) in [6.45, 7) is 0.638. The lowest BCUT2D eigenvalue weighted by Gasteiger charge is -2.34. The molecule has 1 saturated heterocycles. The van der Waals surface area contributed by atoms with Crippen LogP contribution in [0.3, 0.4) is 0 Å². The van der Waals surface area contributed by atoms with Crippen molar-refractivity contribution in [1.82, 2.24) is 10.2 Å². The Morgan fingerprint density at radius 2 is 1.95 bits per heavy atom. The molecule has 1 aromatic rings. The van der Waals surface area contributed by atoms with Crippen molar-refractivity contribution in [3.63, 3.8) is 0 Å². The number of hydrogen-bond acceptors (Lipinski definition) is 3. The van der Waals surface area contributed by atoms with E-state index in [2.05, 4.69) is 17.9 Å². The maximum Gasteiger partial charge on any atom is 0.254 e. The second kappa shape index (κ2) is 6.10. The summed E-state index contributed by atoms with van der Waals surface area (Å²) < 4.78 is 0. The lowest BCUT2D eigenvalue weighted by molar-refractivity contribution is -0.126. The SMILES string of the molecule is CNC(=O)C1CCCCN1C(=O)c1ccc(S)cc1. The average molecular weight is 278 g/mol. The average Bonchev–Trinajstić information content (AvgIpc) is 2.46. The van der Waals surface area contributed by atoms with Gasteiger partial charge < -0.3 is 10.2 Å². The molecule has 4 nitrogen and oxygen atoms in total. The number of nitrogens with one attached hydrogen (secondary N) is 1. The van der Waals surface area contributed by atoms with Gasteiger partial charge >= 0.3 is 0 Å². The zero-order chi connectivity index (χ0) is 13.8. The van der Waals surface area contributed by atoms with Crippen LogP contribution in [0.2, 0.25) is 0 Å². The largest absolute Gasteiger partial charge is 0.357 e. The standard InChI is InChI=1S/C14H18N2O2S/c1-15-13(17)12-4-2-3-9-16(12)14(18)10-5-7-11(19)8-6-10/h5-8,12,19H,2-4,9H2,1H3,(H,15,17). The molecule has 5 heteroatoms. The molecule has 0 bridgehead atoms. The highest BCUT2D eigenvalue weighted by Gasteiger charge is 2.31. The molecule has 1 aliphatic rings. The van der Waals surface area contributed by atoms with Gasteiger partial charge in [-0.25, -0.2) is 0 Å². The van der Waals surface area contributed by atoms with Gasteiger partial charge in [-0.3, -0.25) is 9.59 Å². The molecule has 1 aliphatic heterocycles. The first-order valence-electron chi connectivity index (χ1n) is 6.45. The number of carbonyl (C=O) groups excluding carboxylic acids is 2. The van der Waals surface area contributed by atoms with Crippen LogP contribution in [0.1, 0.15) is 29.6 Å². The van der Waals surface area contributed by atoms with E-state index in [0.29, 0.717) is 12.1 Å². The highest BCUT2D eigenvalue weighted by molar-refractivity contribution is 7.80. The molecule has 1 aromatic carbocycles. The van der Waals surface area contributed by atoms with Crippen LogP contribution in [0.15, 0.2) is 29.2 Å². The van der Waals surface area contributed by atoms with Gasteiger partial charge in [-0.1, -0.05) is 0 Å². The molecule has 1 fully saturated rings. The van der Waals surface area contributed by atoms with Crippen molar-refractivity contribution < 1.29 is 9.59 Å². The minimum Gasteiger partial charge on any atom is -0.357 e. The van der Waals surface area contributed by atoms with E-state index in [1.165, 1.54) is 0 Å². The molecule has 19 heavy (non-hydrogen) atoms. The topological polar surface area (TPSA) is 49.4 Å². The van der Waals surface area contributed by atoms with Crippen molar-refractivity contribution in [3.05, 3.63) is 29.8 Å². The van der Waals surface area contributed by atoms with Crippen molar-refractivity contribution >= 4 is 24.4 Å². The summed E-state index contributed by atoms with van der Waals surface area (Å²) >= 11 is 4.20. The number of likely N-dealkylation sites (tertiary alicyclic amines) is 1. The van der Waals surface area contributed by atoms with E-state index in [9.17, 15) is 9.59 Å². The van der Waals surface area contributed by atoms with Crippen LogP contribution in [-0.2, 0) is 4.79 Å². The fourth-order valence-corrected chi connectivity index (χ4v) is 2.53. The monoisotopic (exact) mass is 278 g/mol. The van der Waals surface area contributed by atoms with Gasteiger partial charge in [0.2, 0.25) is 5.91 Å². The smallest absolute Gasteiger partial charge is 0.254 e. The summed E-state index contributed by atoms with van der Waals surface area (Å²) in [6, 6.07) is 6.73. The van der Waals surface area contributed by atoms with Crippen LogP contribution in [0.4, 0.5) is 0 Å². The molecular formula is C14H18N2O2S. The van der Waals surface area contributed by atoms with Gasteiger partial charge in [0, 0.05) is 24.1 Å². The molecule has 0 saturated carbocycles. The Bertz CT molecular complexity index is 473. The van der Waals surface area contributed by atoms with Gasteiger partial charge in [0.25, 0.3) is 5.91 Å². The maximum atomic E-state index is 12.5. The van der Waals surface area contributed by atoms with Gasteiger partial charge in [-0.2, -0.15) is 0 Å². The van der Waals surface area contributed by atoms with Crippen molar-refractivity contribution in [2.75, 3.05) is 13.6 Å². The van der Waals surface area contributed by atoms with Crippen molar-refractivity contribution in [2.45, 2.75) is 30.2 Å². The summed E-state index contributed by atoms with van der Waals surface area (Å²) in [4.78, 5) is 26.8. The second-order valence-electron chi connectivity index (χ2n) is 4.67. The van der Waals surface area contributed by atoms with Crippen LogP contribution < -0.4 is 5.32 Å². The predicted molar refractivity (Wildman–Crippen MR) is 76.4 cm³/mol. The number of amides is 2. The Kier molecular flexibility index (Phi) is 4.47. The van der Waals surface area contributed by atoms with Gasteiger partial charge in [-0.05, 0) is 43.5 Å². The third kappa shape index (κ3) is 3.10. The Morgan fingerprint density at radius 1 is 1.26 bits per heavy atom. The first-order valence-corrected chi connectivity index (χ1v) is 6.90. The Labute approximate surface area is 118 Å². The molecule has 0 spiro atoms. The lowest BCUT2D eigenvalue weighted by atomic mass is 10.00. The molecule has 1 unspecified atom stereocenters. The molecule has 1 atom stereocenters. The minimum absolute atomic E-state index is 0.0818. The number of benzene rings is 1.